The molecule has 0 amide bonds. The van der Waals surface area contributed by atoms with Gasteiger partial charge in [0, 0.05) is 10.8 Å². The molecule has 0 saturated heterocycles. The highest BCUT2D eigenvalue weighted by atomic mass is 16.3. The third-order valence-corrected chi connectivity index (χ3v) is 5.49. The lowest BCUT2D eigenvalue weighted by atomic mass is 9.98. The van der Waals surface area contributed by atoms with Crippen LogP contribution in [0.4, 0.5) is 0 Å². The third kappa shape index (κ3) is 2.39. The first kappa shape index (κ1) is 15.5. The van der Waals surface area contributed by atoms with Crippen LogP contribution in [0.25, 0.3) is 43.5 Å². The fourth-order valence-electron chi connectivity index (χ4n) is 4.14. The van der Waals surface area contributed by atoms with Gasteiger partial charge in [-0.2, -0.15) is 0 Å². The fraction of sp³-hybridized carbons (Fsp3) is 0.200. The van der Waals surface area contributed by atoms with Gasteiger partial charge in [0.15, 0.2) is 0 Å². The molecule has 0 radical (unpaired) electrons. The molecule has 26 heavy (non-hydrogen) atoms. The summed E-state index contributed by atoms with van der Waals surface area (Å²) in [6, 6.07) is 24.1. The lowest BCUT2D eigenvalue weighted by molar-refractivity contribution is 0.667. The molecule has 5 aromatic rings. The summed E-state index contributed by atoms with van der Waals surface area (Å²) >= 11 is 0. The number of furan rings is 1. The third-order valence-electron chi connectivity index (χ3n) is 5.49. The van der Waals surface area contributed by atoms with E-state index in [0.717, 1.165) is 17.6 Å². The van der Waals surface area contributed by atoms with Crippen molar-refractivity contribution in [2.24, 2.45) is 0 Å². The number of benzene rings is 4. The molecule has 0 unspecified atom stereocenters. The first-order chi connectivity index (χ1) is 12.8. The standard InChI is InChI=1S/C25H22O/c1-2-3-4-7-17-10-12-22-24(16-17)26-23-15-14-20-19-9-6-5-8-18(19)11-13-21(20)25(22)23/h5-6,8-16H,2-4,7H2,1H3. The van der Waals surface area contributed by atoms with Crippen LogP contribution < -0.4 is 0 Å². The Kier molecular flexibility index (Phi) is 3.67. The average molecular weight is 338 g/mol. The molecule has 0 atom stereocenters. The largest absolute Gasteiger partial charge is 0.456 e. The van der Waals surface area contributed by atoms with Crippen LogP contribution in [0.1, 0.15) is 31.7 Å². The van der Waals surface area contributed by atoms with Crippen molar-refractivity contribution in [1.29, 1.82) is 0 Å². The Hall–Kier alpha value is -2.80. The molecule has 128 valence electrons. The van der Waals surface area contributed by atoms with Crippen LogP contribution in [-0.2, 0) is 6.42 Å². The Bertz CT molecular complexity index is 1240. The molecule has 0 saturated carbocycles. The van der Waals surface area contributed by atoms with Crippen molar-refractivity contribution in [3.05, 3.63) is 72.3 Å². The molecule has 4 aromatic carbocycles. The van der Waals surface area contributed by atoms with Crippen LogP contribution >= 0.6 is 0 Å². The number of aryl methyl sites for hydroxylation is 1. The molecule has 5 rings (SSSR count). The molecule has 0 N–H and O–H groups in total. The van der Waals surface area contributed by atoms with Gasteiger partial charge in [-0.15, -0.1) is 0 Å². The van der Waals surface area contributed by atoms with Crippen molar-refractivity contribution in [2.75, 3.05) is 0 Å². The summed E-state index contributed by atoms with van der Waals surface area (Å²) in [6.07, 6.45) is 4.92. The van der Waals surface area contributed by atoms with Gasteiger partial charge < -0.3 is 4.42 Å². The predicted molar refractivity (Wildman–Crippen MR) is 112 cm³/mol. The summed E-state index contributed by atoms with van der Waals surface area (Å²) in [6.45, 7) is 2.25. The second kappa shape index (κ2) is 6.17. The van der Waals surface area contributed by atoms with Crippen LogP contribution in [0.2, 0.25) is 0 Å². The van der Waals surface area contributed by atoms with Gasteiger partial charge in [0.05, 0.1) is 0 Å². The molecule has 0 aliphatic rings. The maximum atomic E-state index is 6.22. The van der Waals surface area contributed by atoms with Crippen molar-refractivity contribution in [1.82, 2.24) is 0 Å². The van der Waals surface area contributed by atoms with Gasteiger partial charge in [0.2, 0.25) is 0 Å². The molecule has 1 heteroatoms. The maximum absolute atomic E-state index is 6.22. The second-order valence-electron chi connectivity index (χ2n) is 7.21. The Morgan fingerprint density at radius 3 is 2.46 bits per heavy atom. The van der Waals surface area contributed by atoms with E-state index < -0.39 is 0 Å². The van der Waals surface area contributed by atoms with Crippen LogP contribution in [0.15, 0.2) is 71.1 Å². The van der Waals surface area contributed by atoms with E-state index in [4.69, 9.17) is 4.42 Å². The average Bonchev–Trinajstić information content (AvgIpc) is 3.06. The molecule has 1 aromatic heterocycles. The van der Waals surface area contributed by atoms with E-state index in [2.05, 4.69) is 73.7 Å². The highest BCUT2D eigenvalue weighted by Gasteiger charge is 2.12. The Morgan fingerprint density at radius 1 is 0.692 bits per heavy atom. The Balaban J connectivity index is 1.74. The van der Waals surface area contributed by atoms with Crippen molar-refractivity contribution in [3.8, 4) is 0 Å². The number of rotatable bonds is 4. The summed E-state index contributed by atoms with van der Waals surface area (Å²) in [5.74, 6) is 0. The van der Waals surface area contributed by atoms with E-state index in [9.17, 15) is 0 Å². The number of hydrogen-bond donors (Lipinski definition) is 0. The zero-order chi connectivity index (χ0) is 17.5. The lowest BCUT2D eigenvalue weighted by Gasteiger charge is -2.05. The number of hydrogen-bond acceptors (Lipinski definition) is 1. The SMILES string of the molecule is CCCCCc1ccc2c(c1)oc1ccc3c4ccccc4ccc3c12. The smallest absolute Gasteiger partial charge is 0.136 e. The topological polar surface area (TPSA) is 13.1 Å². The van der Waals surface area contributed by atoms with Crippen molar-refractivity contribution in [2.45, 2.75) is 32.6 Å². The number of unbranched alkanes of at least 4 members (excludes halogenated alkanes) is 2. The first-order valence-corrected chi connectivity index (χ1v) is 9.61. The highest BCUT2D eigenvalue weighted by Crippen LogP contribution is 2.37. The van der Waals surface area contributed by atoms with Crippen molar-refractivity contribution < 1.29 is 4.42 Å². The lowest BCUT2D eigenvalue weighted by Crippen LogP contribution is -1.84. The summed E-state index contributed by atoms with van der Waals surface area (Å²) in [5, 5.41) is 7.62. The van der Waals surface area contributed by atoms with E-state index in [0.29, 0.717) is 0 Å². The molecule has 0 spiro atoms. The number of fused-ring (bicyclic) bond motifs is 7. The first-order valence-electron chi connectivity index (χ1n) is 9.61. The maximum Gasteiger partial charge on any atom is 0.136 e. The molecule has 1 heterocycles. The quantitative estimate of drug-likeness (QED) is 0.242. The molecule has 0 aliphatic carbocycles. The van der Waals surface area contributed by atoms with E-state index in [1.807, 2.05) is 0 Å². The van der Waals surface area contributed by atoms with E-state index in [-0.39, 0.29) is 0 Å². The van der Waals surface area contributed by atoms with Crippen molar-refractivity contribution >= 4 is 43.5 Å². The fourth-order valence-corrected chi connectivity index (χ4v) is 4.14. The minimum absolute atomic E-state index is 0.980. The van der Waals surface area contributed by atoms with Gasteiger partial charge >= 0.3 is 0 Å². The van der Waals surface area contributed by atoms with E-state index in [1.54, 1.807) is 0 Å². The van der Waals surface area contributed by atoms with E-state index in [1.165, 1.54) is 57.1 Å². The van der Waals surface area contributed by atoms with Crippen LogP contribution in [-0.4, -0.2) is 0 Å². The Morgan fingerprint density at radius 2 is 1.54 bits per heavy atom. The van der Waals surface area contributed by atoms with E-state index >= 15 is 0 Å². The van der Waals surface area contributed by atoms with Gasteiger partial charge in [-0.1, -0.05) is 74.4 Å². The molecular weight excluding hydrogens is 316 g/mol. The Labute approximate surface area is 153 Å². The van der Waals surface area contributed by atoms with Crippen LogP contribution in [0.5, 0.6) is 0 Å². The summed E-state index contributed by atoms with van der Waals surface area (Å²) < 4.78 is 6.22. The van der Waals surface area contributed by atoms with Crippen LogP contribution in [0, 0.1) is 0 Å². The summed E-state index contributed by atoms with van der Waals surface area (Å²) in [7, 11) is 0. The van der Waals surface area contributed by atoms with Gasteiger partial charge in [-0.25, -0.2) is 0 Å². The highest BCUT2D eigenvalue weighted by molar-refractivity contribution is 6.23. The summed E-state index contributed by atoms with van der Waals surface area (Å²) in [4.78, 5) is 0. The zero-order valence-corrected chi connectivity index (χ0v) is 15.1. The normalized spacial score (nSPS) is 11.9. The van der Waals surface area contributed by atoms with Crippen molar-refractivity contribution in [3.63, 3.8) is 0 Å². The van der Waals surface area contributed by atoms with Gasteiger partial charge in [-0.3, -0.25) is 0 Å². The van der Waals surface area contributed by atoms with Gasteiger partial charge in [0.1, 0.15) is 11.2 Å². The van der Waals surface area contributed by atoms with Crippen LogP contribution in [0.3, 0.4) is 0 Å². The second-order valence-corrected chi connectivity index (χ2v) is 7.21. The predicted octanol–water partition coefficient (Wildman–Crippen LogP) is 7.63. The molecule has 1 nitrogen and oxygen atoms in total. The van der Waals surface area contributed by atoms with Gasteiger partial charge in [0.25, 0.3) is 0 Å². The molecular formula is C25H22O. The molecule has 0 fully saturated rings. The molecule has 0 aliphatic heterocycles. The zero-order valence-electron chi connectivity index (χ0n) is 15.1. The van der Waals surface area contributed by atoms with Gasteiger partial charge in [-0.05, 0) is 52.1 Å². The minimum Gasteiger partial charge on any atom is -0.456 e. The molecule has 0 bridgehead atoms. The minimum atomic E-state index is 0.980. The monoisotopic (exact) mass is 338 g/mol. The summed E-state index contributed by atoms with van der Waals surface area (Å²) in [5.41, 5.74) is 3.36.